The number of hydrogen-bond acceptors (Lipinski definition) is 2. The van der Waals surface area contributed by atoms with E-state index < -0.39 is 0 Å². The van der Waals surface area contributed by atoms with E-state index in [9.17, 15) is 0 Å². The van der Waals surface area contributed by atoms with Crippen molar-refractivity contribution < 1.29 is 0 Å². The van der Waals surface area contributed by atoms with Crippen molar-refractivity contribution in [3.05, 3.63) is 218 Å². The fraction of sp³-hybridized carbons (Fsp3) is 0.0492. The maximum absolute atomic E-state index is 5.16. The lowest BCUT2D eigenvalue weighted by Crippen LogP contribution is -2.14. The molecule has 10 aromatic carbocycles. The van der Waals surface area contributed by atoms with Crippen LogP contribution in [0.25, 0.3) is 121 Å². The molecule has 1 aliphatic rings. The molecule has 13 aromatic rings. The summed E-state index contributed by atoms with van der Waals surface area (Å²) in [7, 11) is 0. The lowest BCUT2D eigenvalue weighted by molar-refractivity contribution is 0.661. The van der Waals surface area contributed by atoms with Gasteiger partial charge in [0.25, 0.3) is 0 Å². The second-order valence-electron chi connectivity index (χ2n) is 18.2. The monoisotopic (exact) mass is 828 g/mol. The fourth-order valence-electron chi connectivity index (χ4n) is 11.3. The van der Waals surface area contributed by atoms with E-state index in [1.807, 2.05) is 12.4 Å². The van der Waals surface area contributed by atoms with Crippen LogP contribution in [0.5, 0.6) is 0 Å². The van der Waals surface area contributed by atoms with Gasteiger partial charge in [-0.25, -0.2) is 9.97 Å². The van der Waals surface area contributed by atoms with Gasteiger partial charge in [0, 0.05) is 61.9 Å². The first-order valence-corrected chi connectivity index (χ1v) is 22.5. The molecule has 65 heavy (non-hydrogen) atoms. The third kappa shape index (κ3) is 5.14. The molecule has 14 rings (SSSR count). The predicted molar refractivity (Wildman–Crippen MR) is 272 cm³/mol. The summed E-state index contributed by atoms with van der Waals surface area (Å²) in [6.45, 7) is 4.72. The Morgan fingerprint density at radius 2 is 0.769 bits per heavy atom. The van der Waals surface area contributed by atoms with Crippen LogP contribution in [0, 0.1) is 0 Å². The molecule has 0 saturated heterocycles. The van der Waals surface area contributed by atoms with Gasteiger partial charge in [0.2, 0.25) is 0 Å². The minimum Gasteiger partial charge on any atom is -0.309 e. The van der Waals surface area contributed by atoms with E-state index in [0.29, 0.717) is 5.82 Å². The fourth-order valence-corrected chi connectivity index (χ4v) is 11.3. The minimum absolute atomic E-state index is 0.0791. The molecule has 4 heteroatoms. The average Bonchev–Trinajstić information content (AvgIpc) is 3.96. The predicted octanol–water partition coefficient (Wildman–Crippen LogP) is 15.8. The molecule has 0 saturated carbocycles. The Hall–Kier alpha value is -8.34. The van der Waals surface area contributed by atoms with Crippen LogP contribution < -0.4 is 0 Å². The second-order valence-corrected chi connectivity index (χ2v) is 18.2. The van der Waals surface area contributed by atoms with Gasteiger partial charge in [-0.1, -0.05) is 147 Å². The van der Waals surface area contributed by atoms with E-state index in [4.69, 9.17) is 9.97 Å². The molecule has 304 valence electrons. The number of aromatic nitrogens is 4. The zero-order valence-corrected chi connectivity index (χ0v) is 35.9. The Balaban J connectivity index is 0.940. The first-order chi connectivity index (χ1) is 32.0. The van der Waals surface area contributed by atoms with Gasteiger partial charge < -0.3 is 9.13 Å². The van der Waals surface area contributed by atoms with Gasteiger partial charge in [-0.15, -0.1) is 0 Å². The summed E-state index contributed by atoms with van der Waals surface area (Å²) in [5, 5.41) is 12.5. The molecule has 0 radical (unpaired) electrons. The van der Waals surface area contributed by atoms with E-state index in [0.717, 1.165) is 50.1 Å². The smallest absolute Gasteiger partial charge is 0.159 e. The van der Waals surface area contributed by atoms with Crippen LogP contribution in [0.4, 0.5) is 0 Å². The summed E-state index contributed by atoms with van der Waals surface area (Å²) in [5.41, 5.74) is 15.1. The topological polar surface area (TPSA) is 35.6 Å². The Morgan fingerprint density at radius 3 is 1.32 bits per heavy atom. The summed E-state index contributed by atoms with van der Waals surface area (Å²) in [5.74, 6) is 0.674. The summed E-state index contributed by atoms with van der Waals surface area (Å²) in [6.07, 6.45) is 3.99. The van der Waals surface area contributed by atoms with E-state index >= 15 is 0 Å². The number of para-hydroxylation sites is 4. The van der Waals surface area contributed by atoms with Crippen LogP contribution >= 0.6 is 0 Å². The molecule has 3 aromatic heterocycles. The number of hydrogen-bond donors (Lipinski definition) is 0. The zero-order chi connectivity index (χ0) is 43.0. The van der Waals surface area contributed by atoms with Crippen molar-refractivity contribution in [3.8, 4) is 45.0 Å². The SMILES string of the molecule is CC1(C)c2ccccc2-c2cc3c4ccccc4c4cc(-c5cnc(-c6cc(-n7c8ccccc8c8ccccc87)cc(-n7c8ccccc8c8ccccc87)c6)nc5)ccc4c3cc21. The Morgan fingerprint density at radius 1 is 0.323 bits per heavy atom. The lowest BCUT2D eigenvalue weighted by Gasteiger charge is -2.22. The van der Waals surface area contributed by atoms with Gasteiger partial charge in [0.05, 0.1) is 22.1 Å². The Kier molecular flexibility index (Phi) is 7.42. The number of nitrogens with zero attached hydrogens (tertiary/aromatic N) is 4. The van der Waals surface area contributed by atoms with Gasteiger partial charge in [0.1, 0.15) is 0 Å². The van der Waals surface area contributed by atoms with E-state index in [1.54, 1.807) is 0 Å². The van der Waals surface area contributed by atoms with Crippen molar-refractivity contribution >= 4 is 75.9 Å². The molecule has 4 nitrogen and oxygen atoms in total. The molecular formula is C61H40N4. The van der Waals surface area contributed by atoms with Gasteiger partial charge >= 0.3 is 0 Å². The first-order valence-electron chi connectivity index (χ1n) is 22.5. The summed E-state index contributed by atoms with van der Waals surface area (Å²) in [4.78, 5) is 10.3. The number of rotatable bonds is 4. The quantitative estimate of drug-likeness (QED) is 0.166. The molecule has 0 amide bonds. The zero-order valence-electron chi connectivity index (χ0n) is 35.9. The average molecular weight is 829 g/mol. The maximum Gasteiger partial charge on any atom is 0.159 e. The van der Waals surface area contributed by atoms with Crippen molar-refractivity contribution in [1.29, 1.82) is 0 Å². The summed E-state index contributed by atoms with van der Waals surface area (Å²) in [6, 6.07) is 71.1. The normalized spacial score (nSPS) is 13.2. The van der Waals surface area contributed by atoms with Gasteiger partial charge in [-0.3, -0.25) is 0 Å². The summed E-state index contributed by atoms with van der Waals surface area (Å²) >= 11 is 0. The van der Waals surface area contributed by atoms with E-state index in [-0.39, 0.29) is 5.41 Å². The van der Waals surface area contributed by atoms with Gasteiger partial charge in [-0.05, 0) is 121 Å². The molecule has 0 aliphatic heterocycles. The highest BCUT2D eigenvalue weighted by Crippen LogP contribution is 2.51. The van der Waals surface area contributed by atoms with Crippen LogP contribution in [0.2, 0.25) is 0 Å². The van der Waals surface area contributed by atoms with Crippen molar-refractivity contribution in [3.63, 3.8) is 0 Å². The van der Waals surface area contributed by atoms with Crippen LogP contribution in [0.15, 0.2) is 207 Å². The third-order valence-electron chi connectivity index (χ3n) is 14.4. The Labute approximate surface area is 375 Å². The third-order valence-corrected chi connectivity index (χ3v) is 14.4. The van der Waals surface area contributed by atoms with Crippen LogP contribution in [-0.2, 0) is 5.41 Å². The largest absolute Gasteiger partial charge is 0.309 e. The first kappa shape index (κ1) is 36.2. The van der Waals surface area contributed by atoms with Crippen LogP contribution in [-0.4, -0.2) is 19.1 Å². The minimum atomic E-state index is -0.0791. The van der Waals surface area contributed by atoms with E-state index in [1.165, 1.54) is 76.1 Å². The van der Waals surface area contributed by atoms with Crippen molar-refractivity contribution in [2.24, 2.45) is 0 Å². The highest BCUT2D eigenvalue weighted by Gasteiger charge is 2.35. The van der Waals surface area contributed by atoms with Gasteiger partial charge in [-0.2, -0.15) is 0 Å². The molecule has 0 bridgehead atoms. The van der Waals surface area contributed by atoms with Crippen molar-refractivity contribution in [2.75, 3.05) is 0 Å². The molecule has 0 atom stereocenters. The molecule has 3 heterocycles. The molecule has 0 fully saturated rings. The van der Waals surface area contributed by atoms with Crippen LogP contribution in [0.3, 0.4) is 0 Å². The summed E-state index contributed by atoms with van der Waals surface area (Å²) < 4.78 is 4.77. The molecule has 1 aliphatic carbocycles. The highest BCUT2D eigenvalue weighted by molar-refractivity contribution is 6.26. The van der Waals surface area contributed by atoms with Gasteiger partial charge in [0.15, 0.2) is 5.82 Å². The van der Waals surface area contributed by atoms with E-state index in [2.05, 4.69) is 217 Å². The highest BCUT2D eigenvalue weighted by atomic mass is 15.0. The second kappa shape index (κ2) is 13.3. The number of fused-ring (bicyclic) bond motifs is 15. The van der Waals surface area contributed by atoms with Crippen molar-refractivity contribution in [1.82, 2.24) is 19.1 Å². The molecular weight excluding hydrogens is 789 g/mol. The molecule has 0 N–H and O–H groups in total. The standard InChI is InChI=1S/C61H40N4/c1-61(2)54-22-10-5-17-45(54)53-33-51-43-16-4-3-15-42(43)50-31-37(27-28-44(50)52(51)34-55(53)61)39-35-62-60(63-36-39)38-29-40(64-56-23-11-6-18-46(56)47-19-7-12-24-57(47)64)32-41(30-38)65-58-25-13-8-20-48(58)49-21-9-14-26-59(49)65/h3-36H,1-2H3. The molecule has 0 unspecified atom stereocenters. The van der Waals surface area contributed by atoms with Crippen molar-refractivity contribution in [2.45, 2.75) is 19.3 Å². The lowest BCUT2D eigenvalue weighted by atomic mass is 9.81. The number of benzene rings is 10. The van der Waals surface area contributed by atoms with Crippen LogP contribution in [0.1, 0.15) is 25.0 Å². The maximum atomic E-state index is 5.16. The molecule has 0 spiro atoms. The Bertz CT molecular complexity index is 3910.